The van der Waals surface area contributed by atoms with E-state index in [0.717, 1.165) is 22.6 Å². The van der Waals surface area contributed by atoms with E-state index >= 15 is 0 Å². The predicted molar refractivity (Wildman–Crippen MR) is 105 cm³/mol. The minimum absolute atomic E-state index is 0.520. The Morgan fingerprint density at radius 1 is 1.20 bits per heavy atom. The van der Waals surface area contributed by atoms with E-state index in [9.17, 15) is 0 Å². The van der Waals surface area contributed by atoms with E-state index in [4.69, 9.17) is 26.8 Å². The third kappa shape index (κ3) is 4.04. The predicted octanol–water partition coefficient (Wildman–Crippen LogP) is 5.43. The molecular formula is C19H25ClN2O2S. The fourth-order valence-corrected chi connectivity index (χ4v) is 4.55. The Bertz CT molecular complexity index is 739. The molecule has 2 aliphatic carbocycles. The number of hydrogen-bond donors (Lipinski definition) is 1. The van der Waals surface area contributed by atoms with Crippen LogP contribution in [0.3, 0.4) is 0 Å². The van der Waals surface area contributed by atoms with Gasteiger partial charge in [0.15, 0.2) is 5.13 Å². The molecule has 25 heavy (non-hydrogen) atoms. The summed E-state index contributed by atoms with van der Waals surface area (Å²) < 4.78 is 10.6. The molecule has 0 radical (unpaired) electrons. The van der Waals surface area contributed by atoms with Crippen LogP contribution in [0.25, 0.3) is 11.3 Å². The number of aromatic nitrogens is 1. The van der Waals surface area contributed by atoms with E-state index in [1.165, 1.54) is 29.6 Å². The lowest BCUT2D eigenvalue weighted by atomic mass is 10.1. The smallest absolute Gasteiger partial charge is 0.180 e. The number of nitrogens with zero attached hydrogens (tertiary/aromatic N) is 1. The molecule has 4 rings (SSSR count). The Morgan fingerprint density at radius 3 is 2.36 bits per heavy atom. The molecule has 2 N–H and O–H groups in total. The number of hydrogen-bond acceptors (Lipinski definition) is 5. The van der Waals surface area contributed by atoms with Crippen LogP contribution in [0.5, 0.6) is 11.5 Å². The fourth-order valence-electron chi connectivity index (χ4n) is 3.52. The van der Waals surface area contributed by atoms with Gasteiger partial charge in [-0.1, -0.05) is 37.8 Å². The highest BCUT2D eigenvalue weighted by molar-refractivity contribution is 7.15. The number of ether oxygens (including phenoxy) is 2. The van der Waals surface area contributed by atoms with E-state index in [1.807, 2.05) is 0 Å². The first-order chi connectivity index (χ1) is 12.1. The summed E-state index contributed by atoms with van der Waals surface area (Å²) in [6.45, 7) is 2.06. The summed E-state index contributed by atoms with van der Waals surface area (Å²) in [6, 6.07) is 3.56. The van der Waals surface area contributed by atoms with Crippen molar-refractivity contribution in [2.24, 2.45) is 11.8 Å². The van der Waals surface area contributed by atoms with Crippen molar-refractivity contribution in [1.82, 2.24) is 4.98 Å². The zero-order chi connectivity index (χ0) is 18.0. The molecule has 1 heterocycles. The first kappa shape index (κ1) is 18.3. The Labute approximate surface area is 158 Å². The normalized spacial score (nSPS) is 20.5. The van der Waals surface area contributed by atoms with Gasteiger partial charge in [-0.05, 0) is 30.7 Å². The Kier molecular flexibility index (Phi) is 5.74. The van der Waals surface area contributed by atoms with Crippen LogP contribution in [-0.4, -0.2) is 19.2 Å². The number of nitrogen functional groups attached to an aromatic ring is 1. The van der Waals surface area contributed by atoms with Crippen molar-refractivity contribution in [3.05, 3.63) is 22.0 Å². The number of benzene rings is 1. The number of thiazole rings is 1. The molecule has 2 saturated carbocycles. The van der Waals surface area contributed by atoms with Gasteiger partial charge in [0, 0.05) is 16.5 Å². The molecule has 2 unspecified atom stereocenters. The Balaban J connectivity index is 0.000000250. The monoisotopic (exact) mass is 380 g/mol. The van der Waals surface area contributed by atoms with Gasteiger partial charge in [-0.3, -0.25) is 0 Å². The van der Waals surface area contributed by atoms with Crippen molar-refractivity contribution in [3.8, 4) is 22.8 Å². The van der Waals surface area contributed by atoms with Crippen LogP contribution in [0.4, 0.5) is 5.13 Å². The maximum absolute atomic E-state index is 6.17. The molecular weight excluding hydrogens is 356 g/mol. The van der Waals surface area contributed by atoms with Crippen LogP contribution < -0.4 is 15.2 Å². The summed E-state index contributed by atoms with van der Waals surface area (Å²) in [4.78, 5) is 5.48. The lowest BCUT2D eigenvalue weighted by Crippen LogP contribution is -1.94. The zero-order valence-electron chi connectivity index (χ0n) is 15.0. The second-order valence-electron chi connectivity index (χ2n) is 6.55. The number of nitrogens with two attached hydrogens (primary N) is 1. The summed E-state index contributed by atoms with van der Waals surface area (Å²) >= 11 is 7.66. The summed E-state index contributed by atoms with van der Waals surface area (Å²) in [5, 5.41) is 1.06. The third-order valence-corrected chi connectivity index (χ3v) is 6.31. The number of aryl methyl sites for hydroxylation is 1. The van der Waals surface area contributed by atoms with Crippen molar-refractivity contribution in [2.45, 2.75) is 39.0 Å². The number of methoxy groups -OCH3 is 2. The summed E-state index contributed by atoms with van der Waals surface area (Å²) in [5.74, 6) is 3.67. The summed E-state index contributed by atoms with van der Waals surface area (Å²) in [7, 11) is 3.17. The third-order valence-electron chi connectivity index (χ3n) is 4.98. The van der Waals surface area contributed by atoms with Crippen molar-refractivity contribution in [1.29, 1.82) is 0 Å². The van der Waals surface area contributed by atoms with Crippen LogP contribution >= 0.6 is 22.9 Å². The van der Waals surface area contributed by atoms with Gasteiger partial charge in [0.1, 0.15) is 11.5 Å². The van der Waals surface area contributed by atoms with Gasteiger partial charge < -0.3 is 15.2 Å². The van der Waals surface area contributed by atoms with Crippen molar-refractivity contribution < 1.29 is 9.47 Å². The van der Waals surface area contributed by atoms with E-state index in [0.29, 0.717) is 21.7 Å². The molecule has 1 aromatic carbocycles. The number of fused-ring (bicyclic) bond motifs is 1. The lowest BCUT2D eigenvalue weighted by Gasteiger charge is -2.11. The number of rotatable bonds is 4. The molecule has 0 aliphatic heterocycles. The summed E-state index contributed by atoms with van der Waals surface area (Å²) in [5.41, 5.74) is 7.44. The van der Waals surface area contributed by atoms with Crippen LogP contribution in [-0.2, 0) is 6.42 Å². The second-order valence-corrected chi connectivity index (χ2v) is 8.07. The zero-order valence-corrected chi connectivity index (χ0v) is 16.5. The van der Waals surface area contributed by atoms with Crippen molar-refractivity contribution >= 4 is 28.1 Å². The average molecular weight is 381 g/mol. The lowest BCUT2D eigenvalue weighted by molar-refractivity contribution is 0.395. The molecule has 0 spiro atoms. The highest BCUT2D eigenvalue weighted by Gasteiger charge is 2.40. The molecule has 0 amide bonds. The molecule has 2 aliphatic rings. The Morgan fingerprint density at radius 2 is 1.88 bits per heavy atom. The first-order valence-electron chi connectivity index (χ1n) is 8.74. The van der Waals surface area contributed by atoms with Gasteiger partial charge in [-0.15, -0.1) is 11.3 Å². The molecule has 2 aromatic rings. The topological polar surface area (TPSA) is 57.4 Å². The minimum Gasteiger partial charge on any atom is -0.496 e. The standard InChI is InChI=1S/C13H15ClN2O2S.C6H10/c1-4-11-12(16-13(15)19-11)7-5-8(14)10(18-3)6-9(7)17-2;1-2-5-4-6(5)3-1/h5-6H,4H2,1-3H3,(H2,15,16);5-6H,1-4H2. The van der Waals surface area contributed by atoms with Crippen molar-refractivity contribution in [2.75, 3.05) is 20.0 Å². The van der Waals surface area contributed by atoms with Crippen LogP contribution in [0.2, 0.25) is 5.02 Å². The Hall–Kier alpha value is -1.46. The van der Waals surface area contributed by atoms with Gasteiger partial charge in [-0.25, -0.2) is 4.98 Å². The maximum atomic E-state index is 6.17. The van der Waals surface area contributed by atoms with Gasteiger partial charge >= 0.3 is 0 Å². The highest BCUT2D eigenvalue weighted by atomic mass is 35.5. The van der Waals surface area contributed by atoms with E-state index < -0.39 is 0 Å². The highest BCUT2D eigenvalue weighted by Crippen LogP contribution is 2.51. The van der Waals surface area contributed by atoms with Gasteiger partial charge in [0.25, 0.3) is 0 Å². The molecule has 136 valence electrons. The fraction of sp³-hybridized carbons (Fsp3) is 0.526. The summed E-state index contributed by atoms with van der Waals surface area (Å²) in [6.07, 6.45) is 7.10. The van der Waals surface area contributed by atoms with Crippen LogP contribution in [0.1, 0.15) is 37.5 Å². The largest absolute Gasteiger partial charge is 0.496 e. The van der Waals surface area contributed by atoms with Crippen molar-refractivity contribution in [3.63, 3.8) is 0 Å². The molecule has 6 heteroatoms. The maximum Gasteiger partial charge on any atom is 0.180 e. The molecule has 0 saturated heterocycles. The van der Waals surface area contributed by atoms with E-state index in [2.05, 4.69) is 11.9 Å². The second kappa shape index (κ2) is 7.83. The number of anilines is 1. The first-order valence-corrected chi connectivity index (χ1v) is 9.93. The molecule has 0 bridgehead atoms. The molecule has 2 fully saturated rings. The van der Waals surface area contributed by atoms with Gasteiger partial charge in [0.2, 0.25) is 0 Å². The average Bonchev–Trinajstić information content (AvgIpc) is 3.04. The molecule has 1 aromatic heterocycles. The number of halogens is 1. The minimum atomic E-state index is 0.520. The van der Waals surface area contributed by atoms with Gasteiger partial charge in [-0.2, -0.15) is 0 Å². The quantitative estimate of drug-likeness (QED) is 0.768. The van der Waals surface area contributed by atoms with Crippen LogP contribution in [0.15, 0.2) is 12.1 Å². The SMILES string of the molecule is C1CC2CC2C1.CCc1sc(N)nc1-c1cc(Cl)c(OC)cc1OC. The van der Waals surface area contributed by atoms with Gasteiger partial charge in [0.05, 0.1) is 24.9 Å². The van der Waals surface area contributed by atoms with Crippen LogP contribution in [0, 0.1) is 11.8 Å². The molecule has 2 atom stereocenters. The van der Waals surface area contributed by atoms with E-state index in [-0.39, 0.29) is 0 Å². The molecule has 4 nitrogen and oxygen atoms in total. The van der Waals surface area contributed by atoms with E-state index in [1.54, 1.807) is 45.6 Å².